The van der Waals surface area contributed by atoms with Gasteiger partial charge in [-0.25, -0.2) is 4.79 Å². The molecule has 2 rings (SSSR count). The van der Waals surface area contributed by atoms with Crippen molar-refractivity contribution in [2.75, 3.05) is 26.8 Å². The number of carboxylic acids is 1. The van der Waals surface area contributed by atoms with Crippen LogP contribution >= 0.6 is 11.6 Å². The Hall–Kier alpha value is -1.30. The lowest BCUT2D eigenvalue weighted by Gasteiger charge is -2.47. The maximum absolute atomic E-state index is 10.5. The molecule has 1 aromatic carbocycles. The number of methoxy groups -OCH3 is 1. The third-order valence-electron chi connectivity index (χ3n) is 3.28. The van der Waals surface area contributed by atoms with Crippen LogP contribution in [0.5, 0.6) is 5.75 Å². The molecule has 6 heteroatoms. The van der Waals surface area contributed by atoms with Crippen LogP contribution in [0.1, 0.15) is 12.5 Å². The van der Waals surface area contributed by atoms with Crippen molar-refractivity contribution >= 4 is 17.6 Å². The van der Waals surface area contributed by atoms with E-state index in [9.17, 15) is 4.79 Å². The number of carbonyl (C=O) groups is 1. The minimum Gasteiger partial charge on any atom is -0.495 e. The molecule has 1 N–H and O–H groups in total. The van der Waals surface area contributed by atoms with E-state index in [1.165, 1.54) is 0 Å². The van der Waals surface area contributed by atoms with Crippen LogP contribution in [0.2, 0.25) is 5.02 Å². The molecule has 0 aromatic heterocycles. The Balaban J connectivity index is 1.85. The lowest BCUT2D eigenvalue weighted by Crippen LogP contribution is -2.61. The van der Waals surface area contributed by atoms with E-state index in [-0.39, 0.29) is 12.2 Å². The highest BCUT2D eigenvalue weighted by atomic mass is 35.5. The van der Waals surface area contributed by atoms with Gasteiger partial charge in [-0.3, -0.25) is 4.90 Å². The van der Waals surface area contributed by atoms with Gasteiger partial charge in [0, 0.05) is 19.6 Å². The first-order chi connectivity index (χ1) is 9.42. The summed E-state index contributed by atoms with van der Waals surface area (Å²) < 4.78 is 10.5. The Bertz CT molecular complexity index is 500. The van der Waals surface area contributed by atoms with Gasteiger partial charge in [0.15, 0.2) is 0 Å². The van der Waals surface area contributed by atoms with Crippen molar-refractivity contribution in [3.8, 4) is 5.75 Å². The Morgan fingerprint density at radius 1 is 1.50 bits per heavy atom. The number of carboxylic acid groups (broad SMARTS) is 1. The van der Waals surface area contributed by atoms with Crippen molar-refractivity contribution in [2.24, 2.45) is 0 Å². The Kier molecular flexibility index (Phi) is 4.52. The molecule has 1 fully saturated rings. The Morgan fingerprint density at radius 3 is 2.75 bits per heavy atom. The van der Waals surface area contributed by atoms with E-state index in [4.69, 9.17) is 26.2 Å². The molecule has 1 saturated heterocycles. The minimum absolute atomic E-state index is 0.251. The summed E-state index contributed by atoms with van der Waals surface area (Å²) in [7, 11) is 1.58. The molecule has 0 atom stereocenters. The van der Waals surface area contributed by atoms with Crippen molar-refractivity contribution in [3.05, 3.63) is 28.8 Å². The van der Waals surface area contributed by atoms with E-state index >= 15 is 0 Å². The molecule has 110 valence electrons. The van der Waals surface area contributed by atoms with Gasteiger partial charge in [0.25, 0.3) is 0 Å². The van der Waals surface area contributed by atoms with Crippen LogP contribution in [0.3, 0.4) is 0 Å². The summed E-state index contributed by atoms with van der Waals surface area (Å²) in [5.41, 5.74) is 0.727. The lowest BCUT2D eigenvalue weighted by atomic mass is 9.95. The third-order valence-corrected chi connectivity index (χ3v) is 3.58. The van der Waals surface area contributed by atoms with E-state index in [1.807, 2.05) is 25.1 Å². The Morgan fingerprint density at radius 2 is 2.20 bits per heavy atom. The summed E-state index contributed by atoms with van der Waals surface area (Å²) in [6.07, 6.45) is 0. The summed E-state index contributed by atoms with van der Waals surface area (Å²) >= 11 is 6.08. The van der Waals surface area contributed by atoms with E-state index in [1.54, 1.807) is 7.11 Å². The minimum atomic E-state index is -0.938. The molecular formula is C14H18ClNO4. The quantitative estimate of drug-likeness (QED) is 0.871. The Labute approximate surface area is 123 Å². The SMILES string of the molecule is COc1ccc(CN2CC(C)(OCC(=O)O)C2)cc1Cl. The molecule has 1 aromatic rings. The molecule has 1 aliphatic heterocycles. The maximum atomic E-state index is 10.5. The fraction of sp³-hybridized carbons (Fsp3) is 0.500. The smallest absolute Gasteiger partial charge is 0.329 e. The first-order valence-electron chi connectivity index (χ1n) is 6.32. The van der Waals surface area contributed by atoms with E-state index in [0.29, 0.717) is 23.9 Å². The molecule has 0 unspecified atom stereocenters. The van der Waals surface area contributed by atoms with Crippen LogP contribution in [-0.2, 0) is 16.1 Å². The highest BCUT2D eigenvalue weighted by molar-refractivity contribution is 6.32. The number of likely N-dealkylation sites (tertiary alicyclic amines) is 1. The van der Waals surface area contributed by atoms with Crippen LogP contribution in [-0.4, -0.2) is 48.4 Å². The number of hydrogen-bond donors (Lipinski definition) is 1. The van der Waals surface area contributed by atoms with Gasteiger partial charge in [0.2, 0.25) is 0 Å². The van der Waals surface area contributed by atoms with Crippen molar-refractivity contribution in [3.63, 3.8) is 0 Å². The molecule has 0 amide bonds. The standard InChI is InChI=1S/C14H18ClNO4/c1-14(20-7-13(17)18)8-16(9-14)6-10-3-4-12(19-2)11(15)5-10/h3-5H,6-9H2,1-2H3,(H,17,18). The van der Waals surface area contributed by atoms with Crippen molar-refractivity contribution in [2.45, 2.75) is 19.1 Å². The maximum Gasteiger partial charge on any atom is 0.329 e. The van der Waals surface area contributed by atoms with Gasteiger partial charge in [-0.2, -0.15) is 0 Å². The van der Waals surface area contributed by atoms with Gasteiger partial charge in [-0.05, 0) is 24.6 Å². The van der Waals surface area contributed by atoms with Crippen LogP contribution in [0.4, 0.5) is 0 Å². The van der Waals surface area contributed by atoms with Crippen LogP contribution < -0.4 is 4.74 Å². The molecular weight excluding hydrogens is 282 g/mol. The first-order valence-corrected chi connectivity index (χ1v) is 6.70. The second-order valence-corrected chi connectivity index (χ2v) is 5.65. The molecule has 5 nitrogen and oxygen atoms in total. The van der Waals surface area contributed by atoms with Crippen molar-refractivity contribution in [1.82, 2.24) is 4.90 Å². The van der Waals surface area contributed by atoms with E-state index in [2.05, 4.69) is 4.90 Å². The van der Waals surface area contributed by atoms with Gasteiger partial charge in [0.1, 0.15) is 12.4 Å². The van der Waals surface area contributed by atoms with Crippen LogP contribution in [0.25, 0.3) is 0 Å². The highest BCUT2D eigenvalue weighted by Crippen LogP contribution is 2.29. The van der Waals surface area contributed by atoms with Crippen LogP contribution in [0, 0.1) is 0 Å². The number of nitrogens with zero attached hydrogens (tertiary/aromatic N) is 1. The summed E-state index contributed by atoms with van der Waals surface area (Å²) in [6.45, 7) is 3.86. The molecule has 0 aliphatic carbocycles. The summed E-state index contributed by atoms with van der Waals surface area (Å²) in [4.78, 5) is 12.7. The molecule has 0 bridgehead atoms. The number of halogens is 1. The van der Waals surface area contributed by atoms with E-state index < -0.39 is 5.97 Å². The summed E-state index contributed by atoms with van der Waals surface area (Å²) in [5, 5.41) is 9.21. The second kappa shape index (κ2) is 5.99. The van der Waals surface area contributed by atoms with Gasteiger partial charge in [-0.1, -0.05) is 17.7 Å². The zero-order chi connectivity index (χ0) is 14.8. The molecule has 1 heterocycles. The van der Waals surface area contributed by atoms with Gasteiger partial charge >= 0.3 is 5.97 Å². The topological polar surface area (TPSA) is 59.0 Å². The molecule has 20 heavy (non-hydrogen) atoms. The third kappa shape index (κ3) is 3.62. The van der Waals surface area contributed by atoms with Gasteiger partial charge < -0.3 is 14.6 Å². The molecule has 0 radical (unpaired) electrons. The number of aliphatic carboxylic acids is 1. The first kappa shape index (κ1) is 15.1. The molecule has 1 aliphatic rings. The van der Waals surface area contributed by atoms with Gasteiger partial charge in [-0.15, -0.1) is 0 Å². The van der Waals surface area contributed by atoms with Gasteiger partial charge in [0.05, 0.1) is 17.7 Å². The monoisotopic (exact) mass is 299 g/mol. The molecule has 0 saturated carbocycles. The fourth-order valence-electron chi connectivity index (χ4n) is 2.41. The van der Waals surface area contributed by atoms with Crippen molar-refractivity contribution < 1.29 is 19.4 Å². The number of benzene rings is 1. The average molecular weight is 300 g/mol. The normalized spacial score (nSPS) is 17.6. The number of ether oxygens (including phenoxy) is 2. The predicted molar refractivity (Wildman–Crippen MR) is 75.3 cm³/mol. The second-order valence-electron chi connectivity index (χ2n) is 5.25. The zero-order valence-corrected chi connectivity index (χ0v) is 12.3. The largest absolute Gasteiger partial charge is 0.495 e. The predicted octanol–water partition coefficient (Wildman–Crippen LogP) is 2.02. The average Bonchev–Trinajstić information content (AvgIpc) is 2.35. The fourth-order valence-corrected chi connectivity index (χ4v) is 2.69. The zero-order valence-electron chi connectivity index (χ0n) is 11.6. The summed E-state index contributed by atoms with van der Waals surface area (Å²) in [6, 6.07) is 5.70. The van der Waals surface area contributed by atoms with Crippen molar-refractivity contribution in [1.29, 1.82) is 0 Å². The van der Waals surface area contributed by atoms with Crippen LogP contribution in [0.15, 0.2) is 18.2 Å². The number of hydrogen-bond acceptors (Lipinski definition) is 4. The highest BCUT2D eigenvalue weighted by Gasteiger charge is 2.39. The van der Waals surface area contributed by atoms with E-state index in [0.717, 1.165) is 12.1 Å². The molecule has 0 spiro atoms. The lowest BCUT2D eigenvalue weighted by molar-refractivity contribution is -0.165. The number of rotatable bonds is 6. The summed E-state index contributed by atoms with van der Waals surface area (Å²) in [5.74, 6) is -0.278.